The Morgan fingerprint density at radius 1 is 0.412 bits per heavy atom. The first-order chi connectivity index (χ1) is 16.8. The normalized spacial score (nSPS) is 11.1. The molecule has 34 heavy (non-hydrogen) atoms. The zero-order valence-corrected chi connectivity index (χ0v) is 19.8. The van der Waals surface area contributed by atoms with Gasteiger partial charge in [-0.3, -0.25) is 0 Å². The minimum atomic E-state index is 1.25. The maximum absolute atomic E-state index is 2.34. The fraction of sp³-hybridized carbons (Fsp3) is 0.0303. The molecule has 0 radical (unpaired) electrons. The van der Waals surface area contributed by atoms with Crippen LogP contribution in [0.1, 0.15) is 5.56 Å². The van der Waals surface area contributed by atoms with Crippen LogP contribution in [-0.2, 0) is 0 Å². The molecule has 0 N–H and O–H groups in total. The average Bonchev–Trinajstić information content (AvgIpc) is 3.29. The Kier molecular flexibility index (Phi) is 5.33. The largest absolute Gasteiger partial charge is 0.134 e. The number of aryl methyl sites for hydroxylation is 1. The molecule has 0 saturated heterocycles. The van der Waals surface area contributed by atoms with Gasteiger partial charge in [0.15, 0.2) is 0 Å². The minimum Gasteiger partial charge on any atom is -0.134 e. The number of thiophene rings is 1. The van der Waals surface area contributed by atoms with Crippen LogP contribution in [0, 0.1) is 6.92 Å². The van der Waals surface area contributed by atoms with E-state index in [1.807, 2.05) is 11.3 Å². The number of hydrogen-bond donors (Lipinski definition) is 0. The average molecular weight is 453 g/mol. The summed E-state index contributed by atoms with van der Waals surface area (Å²) in [6.45, 7) is 2.18. The molecule has 0 aliphatic heterocycles. The van der Waals surface area contributed by atoms with Crippen LogP contribution in [0.4, 0.5) is 0 Å². The second kappa shape index (κ2) is 8.78. The monoisotopic (exact) mass is 452 g/mol. The van der Waals surface area contributed by atoms with E-state index in [-0.39, 0.29) is 0 Å². The summed E-state index contributed by atoms with van der Waals surface area (Å²) in [7, 11) is 0. The minimum absolute atomic E-state index is 1.25. The molecule has 5 aromatic carbocycles. The second-order valence-corrected chi connectivity index (χ2v) is 9.68. The van der Waals surface area contributed by atoms with E-state index < -0.39 is 0 Å². The summed E-state index contributed by atoms with van der Waals surface area (Å²) >= 11 is 1.90. The van der Waals surface area contributed by atoms with E-state index in [0.29, 0.717) is 0 Å². The standard InChI is InChI=1S/C33H24S/c1-23-16-21-28(26-12-6-3-7-13-26)31(22-23)33-30-15-9-8-14-29(30)32(34-33)27-19-17-25(18-20-27)24-10-4-2-5-11-24/h2-22H,1H3. The summed E-state index contributed by atoms with van der Waals surface area (Å²) in [6, 6.07) is 45.9. The Hall–Kier alpha value is -3.94. The van der Waals surface area contributed by atoms with E-state index in [4.69, 9.17) is 0 Å². The maximum atomic E-state index is 2.34. The summed E-state index contributed by atoms with van der Waals surface area (Å²) in [5, 5.41) is 2.63. The third kappa shape index (κ3) is 3.75. The SMILES string of the molecule is Cc1ccc(-c2ccccc2)c(-c2sc(-c3ccc(-c4ccccc4)cc3)c3ccccc23)c1. The number of fused-ring (bicyclic) bond motifs is 1. The Labute approximate surface area is 204 Å². The zero-order valence-electron chi connectivity index (χ0n) is 19.0. The first kappa shape index (κ1) is 20.7. The van der Waals surface area contributed by atoms with Crippen LogP contribution in [0.5, 0.6) is 0 Å². The fourth-order valence-corrected chi connectivity index (χ4v) is 5.98. The van der Waals surface area contributed by atoms with Crippen molar-refractivity contribution in [3.8, 4) is 43.1 Å². The smallest absolute Gasteiger partial charge is 0.0434 e. The van der Waals surface area contributed by atoms with Crippen LogP contribution in [0.25, 0.3) is 53.9 Å². The Morgan fingerprint density at radius 3 is 1.62 bits per heavy atom. The Morgan fingerprint density at radius 2 is 0.941 bits per heavy atom. The fourth-order valence-electron chi connectivity index (χ4n) is 4.67. The molecule has 0 amide bonds. The summed E-state index contributed by atoms with van der Waals surface area (Å²) in [4.78, 5) is 2.66. The van der Waals surface area contributed by atoms with Gasteiger partial charge in [0.1, 0.15) is 0 Å². The van der Waals surface area contributed by atoms with Gasteiger partial charge in [0, 0.05) is 26.1 Å². The molecular formula is C33H24S. The lowest BCUT2D eigenvalue weighted by Gasteiger charge is -2.10. The van der Waals surface area contributed by atoms with Gasteiger partial charge < -0.3 is 0 Å². The van der Waals surface area contributed by atoms with Crippen LogP contribution >= 0.6 is 11.3 Å². The molecule has 1 heterocycles. The second-order valence-electron chi connectivity index (χ2n) is 8.66. The number of hydrogen-bond acceptors (Lipinski definition) is 1. The van der Waals surface area contributed by atoms with Crippen molar-refractivity contribution in [1.82, 2.24) is 0 Å². The lowest BCUT2D eigenvalue weighted by Crippen LogP contribution is -1.85. The highest BCUT2D eigenvalue weighted by Gasteiger charge is 2.17. The van der Waals surface area contributed by atoms with Gasteiger partial charge in [0.05, 0.1) is 0 Å². The molecule has 0 unspecified atom stereocenters. The van der Waals surface area contributed by atoms with Crippen LogP contribution in [0.3, 0.4) is 0 Å². The van der Waals surface area contributed by atoms with Crippen molar-refractivity contribution in [3.63, 3.8) is 0 Å². The molecule has 0 spiro atoms. The van der Waals surface area contributed by atoms with Gasteiger partial charge in [-0.25, -0.2) is 0 Å². The van der Waals surface area contributed by atoms with Crippen molar-refractivity contribution >= 4 is 22.1 Å². The van der Waals surface area contributed by atoms with Crippen molar-refractivity contribution < 1.29 is 0 Å². The highest BCUT2D eigenvalue weighted by atomic mass is 32.1. The molecule has 0 saturated carbocycles. The first-order valence-corrected chi connectivity index (χ1v) is 12.4. The molecule has 1 heteroatoms. The van der Waals surface area contributed by atoms with Crippen molar-refractivity contribution in [2.45, 2.75) is 6.92 Å². The molecule has 0 fully saturated rings. The van der Waals surface area contributed by atoms with E-state index in [1.165, 1.54) is 59.5 Å². The van der Waals surface area contributed by atoms with E-state index >= 15 is 0 Å². The lowest BCUT2D eigenvalue weighted by molar-refractivity contribution is 1.47. The molecule has 1 aromatic heterocycles. The Bertz CT molecular complexity index is 1570. The molecule has 0 bridgehead atoms. The molecule has 0 atom stereocenters. The summed E-state index contributed by atoms with van der Waals surface area (Å²) in [6.07, 6.45) is 0. The van der Waals surface area contributed by atoms with Gasteiger partial charge >= 0.3 is 0 Å². The van der Waals surface area contributed by atoms with Crippen molar-refractivity contribution in [3.05, 3.63) is 133 Å². The van der Waals surface area contributed by atoms with Crippen molar-refractivity contribution in [1.29, 1.82) is 0 Å². The summed E-state index contributed by atoms with van der Waals surface area (Å²) in [5.41, 5.74) is 8.88. The molecule has 0 aliphatic rings. The summed E-state index contributed by atoms with van der Waals surface area (Å²) in [5.74, 6) is 0. The lowest BCUT2D eigenvalue weighted by atomic mass is 9.95. The van der Waals surface area contributed by atoms with E-state index in [2.05, 4.69) is 134 Å². The topological polar surface area (TPSA) is 0 Å². The van der Waals surface area contributed by atoms with E-state index in [9.17, 15) is 0 Å². The maximum Gasteiger partial charge on any atom is 0.0434 e. The predicted molar refractivity (Wildman–Crippen MR) is 148 cm³/mol. The van der Waals surface area contributed by atoms with Gasteiger partial charge in [-0.2, -0.15) is 0 Å². The molecule has 6 aromatic rings. The molecule has 162 valence electrons. The number of rotatable bonds is 4. The van der Waals surface area contributed by atoms with Crippen molar-refractivity contribution in [2.24, 2.45) is 0 Å². The molecule has 0 aliphatic carbocycles. The van der Waals surface area contributed by atoms with Crippen LogP contribution in [0.2, 0.25) is 0 Å². The van der Waals surface area contributed by atoms with Crippen molar-refractivity contribution in [2.75, 3.05) is 0 Å². The third-order valence-corrected chi connectivity index (χ3v) is 7.68. The van der Waals surface area contributed by atoms with Crippen LogP contribution < -0.4 is 0 Å². The summed E-state index contributed by atoms with van der Waals surface area (Å²) < 4.78 is 0. The van der Waals surface area contributed by atoms with E-state index in [1.54, 1.807) is 0 Å². The highest BCUT2D eigenvalue weighted by molar-refractivity contribution is 7.21. The molecule has 0 nitrogen and oxygen atoms in total. The van der Waals surface area contributed by atoms with Crippen LogP contribution in [-0.4, -0.2) is 0 Å². The van der Waals surface area contributed by atoms with Gasteiger partial charge in [0.25, 0.3) is 0 Å². The first-order valence-electron chi connectivity index (χ1n) is 11.6. The third-order valence-electron chi connectivity index (χ3n) is 6.38. The number of benzene rings is 5. The highest BCUT2D eigenvalue weighted by Crippen LogP contribution is 2.47. The zero-order chi connectivity index (χ0) is 22.9. The van der Waals surface area contributed by atoms with Gasteiger partial charge in [-0.15, -0.1) is 11.3 Å². The predicted octanol–water partition coefficient (Wildman–Crippen LogP) is 9.88. The Balaban J connectivity index is 1.52. The quantitative estimate of drug-likeness (QED) is 0.250. The molecular weight excluding hydrogens is 428 g/mol. The van der Waals surface area contributed by atoms with E-state index in [0.717, 1.165) is 0 Å². The van der Waals surface area contributed by atoms with Gasteiger partial charge in [0.2, 0.25) is 0 Å². The van der Waals surface area contributed by atoms with Gasteiger partial charge in [-0.1, -0.05) is 127 Å². The molecule has 6 rings (SSSR count). The van der Waals surface area contributed by atoms with Crippen LogP contribution in [0.15, 0.2) is 127 Å². The van der Waals surface area contributed by atoms with Gasteiger partial charge in [-0.05, 0) is 40.8 Å².